The predicted molar refractivity (Wildman–Crippen MR) is 82.4 cm³/mol. The van der Waals surface area contributed by atoms with E-state index in [1.165, 1.54) is 18.6 Å². The summed E-state index contributed by atoms with van der Waals surface area (Å²) in [5.41, 5.74) is 0.296. The summed E-state index contributed by atoms with van der Waals surface area (Å²) in [6.45, 7) is 5.18. The first-order valence-corrected chi connectivity index (χ1v) is 7.12. The maximum Gasteiger partial charge on any atom is 0.254 e. The van der Waals surface area contributed by atoms with Crippen LogP contribution in [0, 0.1) is 12.9 Å². The van der Waals surface area contributed by atoms with Gasteiger partial charge in [0.1, 0.15) is 12.1 Å². The molecule has 0 aliphatic carbocycles. The molecule has 7 nitrogen and oxygen atoms in total. The van der Waals surface area contributed by atoms with Gasteiger partial charge in [0, 0.05) is 18.0 Å². The fraction of sp³-hybridized carbons (Fsp3) is 0.333. The van der Waals surface area contributed by atoms with Gasteiger partial charge in [-0.25, -0.2) is 9.97 Å². The molecular formula is C15H17FN6O. The van der Waals surface area contributed by atoms with Crippen molar-refractivity contribution < 1.29 is 9.50 Å². The average Bonchev–Trinajstić information content (AvgIpc) is 2.92. The van der Waals surface area contributed by atoms with Crippen molar-refractivity contribution in [3.05, 3.63) is 47.9 Å². The van der Waals surface area contributed by atoms with Gasteiger partial charge in [-0.1, -0.05) is 6.07 Å². The second-order valence-electron chi connectivity index (χ2n) is 5.90. The highest BCUT2D eigenvalue weighted by molar-refractivity contribution is 5.47. The zero-order chi connectivity index (χ0) is 16.6. The van der Waals surface area contributed by atoms with E-state index in [0.29, 0.717) is 17.2 Å². The van der Waals surface area contributed by atoms with Crippen molar-refractivity contribution in [2.24, 2.45) is 0 Å². The van der Waals surface area contributed by atoms with E-state index in [4.69, 9.17) is 0 Å². The number of pyridine rings is 1. The first kappa shape index (κ1) is 15.3. The molecule has 0 aliphatic heterocycles. The number of fused-ring (bicyclic) bond motifs is 1. The second-order valence-corrected chi connectivity index (χ2v) is 5.90. The number of rotatable bonds is 4. The quantitative estimate of drug-likeness (QED) is 0.715. The number of aliphatic hydroxyl groups is 1. The summed E-state index contributed by atoms with van der Waals surface area (Å²) < 4.78 is 14.6. The fourth-order valence-corrected chi connectivity index (χ4v) is 2.41. The molecule has 0 aromatic carbocycles. The highest BCUT2D eigenvalue weighted by Gasteiger charge is 2.29. The number of nitrogens with one attached hydrogen (secondary N) is 1. The Morgan fingerprint density at radius 2 is 2.09 bits per heavy atom. The van der Waals surface area contributed by atoms with Crippen LogP contribution in [0.2, 0.25) is 0 Å². The van der Waals surface area contributed by atoms with E-state index in [0.717, 1.165) is 5.69 Å². The van der Waals surface area contributed by atoms with E-state index in [9.17, 15) is 9.50 Å². The van der Waals surface area contributed by atoms with E-state index in [2.05, 4.69) is 25.4 Å². The van der Waals surface area contributed by atoms with Crippen LogP contribution in [0.3, 0.4) is 0 Å². The van der Waals surface area contributed by atoms with Gasteiger partial charge < -0.3 is 10.4 Å². The molecule has 120 valence electrons. The van der Waals surface area contributed by atoms with Crippen molar-refractivity contribution >= 4 is 11.6 Å². The Kier molecular flexibility index (Phi) is 3.69. The number of aryl methyl sites for hydroxylation is 1. The molecule has 0 fully saturated rings. The molecule has 0 radical (unpaired) electrons. The maximum atomic E-state index is 13.1. The molecule has 0 bridgehead atoms. The van der Waals surface area contributed by atoms with Crippen molar-refractivity contribution in [3.8, 4) is 0 Å². The molecule has 8 heteroatoms. The lowest BCUT2D eigenvalue weighted by molar-refractivity contribution is 0.0585. The Morgan fingerprint density at radius 3 is 2.74 bits per heavy atom. The smallest absolute Gasteiger partial charge is 0.254 e. The lowest BCUT2D eigenvalue weighted by atomic mass is 9.93. The maximum absolute atomic E-state index is 13.1. The zero-order valence-corrected chi connectivity index (χ0v) is 13.0. The molecule has 1 atom stereocenters. The normalized spacial score (nSPS) is 13.3. The first-order valence-electron chi connectivity index (χ1n) is 7.12. The number of hydrogen-bond donors (Lipinski definition) is 2. The molecule has 3 rings (SSSR count). The Hall–Kier alpha value is -2.61. The molecular weight excluding hydrogens is 299 g/mol. The third kappa shape index (κ3) is 3.11. The van der Waals surface area contributed by atoms with Crippen molar-refractivity contribution in [2.75, 3.05) is 5.32 Å². The third-order valence-electron chi connectivity index (χ3n) is 3.46. The van der Waals surface area contributed by atoms with Crippen LogP contribution in [0.4, 0.5) is 10.2 Å². The number of halogens is 1. The van der Waals surface area contributed by atoms with Crippen LogP contribution in [0.25, 0.3) is 5.78 Å². The molecule has 0 amide bonds. The van der Waals surface area contributed by atoms with Crippen LogP contribution in [-0.4, -0.2) is 35.3 Å². The van der Waals surface area contributed by atoms with Crippen molar-refractivity contribution in [1.29, 1.82) is 0 Å². The van der Waals surface area contributed by atoms with Crippen LogP contribution >= 0.6 is 0 Å². The summed E-state index contributed by atoms with van der Waals surface area (Å²) in [5, 5.41) is 17.9. The number of nitrogens with zero attached hydrogens (tertiary/aromatic N) is 5. The average molecular weight is 316 g/mol. The van der Waals surface area contributed by atoms with E-state index in [-0.39, 0.29) is 0 Å². The Bertz CT molecular complexity index is 824. The second kappa shape index (κ2) is 5.54. The van der Waals surface area contributed by atoms with Gasteiger partial charge in [0.05, 0.1) is 11.6 Å². The topological polar surface area (TPSA) is 88.2 Å². The molecule has 3 aromatic rings. The van der Waals surface area contributed by atoms with E-state index in [1.54, 1.807) is 30.5 Å². The first-order chi connectivity index (χ1) is 10.8. The monoisotopic (exact) mass is 316 g/mol. The van der Waals surface area contributed by atoms with Gasteiger partial charge in [0.15, 0.2) is 0 Å². The summed E-state index contributed by atoms with van der Waals surface area (Å²) in [4.78, 5) is 12.0. The minimum atomic E-state index is -1.12. The van der Waals surface area contributed by atoms with Gasteiger partial charge in [-0.3, -0.25) is 0 Å². The molecule has 1 unspecified atom stereocenters. The molecule has 0 saturated heterocycles. The summed E-state index contributed by atoms with van der Waals surface area (Å²) in [5.74, 6) is 0.516. The molecule has 0 spiro atoms. The minimum Gasteiger partial charge on any atom is -0.388 e. The van der Waals surface area contributed by atoms with Crippen molar-refractivity contribution in [1.82, 2.24) is 24.6 Å². The SMILES string of the molecule is Cc1cc(NC(c2ccc(F)nc2)C(C)(C)O)n2ncnc2n1. The summed E-state index contributed by atoms with van der Waals surface area (Å²) in [7, 11) is 0. The molecule has 2 N–H and O–H groups in total. The molecule has 3 aromatic heterocycles. The van der Waals surface area contributed by atoms with Crippen LogP contribution in [0.15, 0.2) is 30.7 Å². The van der Waals surface area contributed by atoms with E-state index < -0.39 is 17.6 Å². The van der Waals surface area contributed by atoms with Gasteiger partial charge in [0.2, 0.25) is 5.95 Å². The van der Waals surface area contributed by atoms with Gasteiger partial charge in [-0.15, -0.1) is 0 Å². The summed E-state index contributed by atoms with van der Waals surface area (Å²) in [6.07, 6.45) is 2.81. The predicted octanol–water partition coefficient (Wildman–Crippen LogP) is 1.89. The van der Waals surface area contributed by atoms with Crippen molar-refractivity contribution in [2.45, 2.75) is 32.4 Å². The van der Waals surface area contributed by atoms with Crippen LogP contribution < -0.4 is 5.32 Å². The lowest BCUT2D eigenvalue weighted by Gasteiger charge is -2.31. The van der Waals surface area contributed by atoms with Crippen LogP contribution in [-0.2, 0) is 0 Å². The fourth-order valence-electron chi connectivity index (χ4n) is 2.41. The standard InChI is InChI=1S/C15H17FN6O/c1-9-6-12(22-14(20-9)18-8-19-22)21-13(15(2,3)23)10-4-5-11(16)17-7-10/h4-8,13,21,23H,1-3H3. The lowest BCUT2D eigenvalue weighted by Crippen LogP contribution is -2.35. The largest absolute Gasteiger partial charge is 0.388 e. The van der Waals surface area contributed by atoms with E-state index >= 15 is 0 Å². The Morgan fingerprint density at radius 1 is 1.30 bits per heavy atom. The molecule has 23 heavy (non-hydrogen) atoms. The van der Waals surface area contributed by atoms with Crippen molar-refractivity contribution in [3.63, 3.8) is 0 Å². The zero-order valence-electron chi connectivity index (χ0n) is 13.0. The highest BCUT2D eigenvalue weighted by Crippen LogP contribution is 2.29. The summed E-state index contributed by atoms with van der Waals surface area (Å²) >= 11 is 0. The molecule has 0 saturated carbocycles. The number of anilines is 1. The van der Waals surface area contributed by atoms with Gasteiger partial charge >= 0.3 is 0 Å². The highest BCUT2D eigenvalue weighted by atomic mass is 19.1. The molecule has 3 heterocycles. The van der Waals surface area contributed by atoms with Crippen LogP contribution in [0.5, 0.6) is 0 Å². The molecule has 0 aliphatic rings. The number of hydrogen-bond acceptors (Lipinski definition) is 6. The number of aromatic nitrogens is 5. The third-order valence-corrected chi connectivity index (χ3v) is 3.46. The minimum absolute atomic E-state index is 0.458. The van der Waals surface area contributed by atoms with Gasteiger partial charge in [0.25, 0.3) is 5.78 Å². The van der Waals surface area contributed by atoms with E-state index in [1.807, 2.05) is 6.92 Å². The van der Waals surface area contributed by atoms with Gasteiger partial charge in [-0.05, 0) is 32.4 Å². The summed E-state index contributed by atoms with van der Waals surface area (Å²) in [6, 6.07) is 4.13. The van der Waals surface area contributed by atoms with Gasteiger partial charge in [-0.2, -0.15) is 19.0 Å². The Labute approximate surface area is 132 Å². The Balaban J connectivity index is 2.04. The van der Waals surface area contributed by atoms with Crippen LogP contribution in [0.1, 0.15) is 31.1 Å².